The number of ketones is 2. The molecule has 3 aliphatic heterocycles. The molecular formula is C39H48O10. The van der Waals surface area contributed by atoms with E-state index in [1.807, 2.05) is 66.7 Å². The van der Waals surface area contributed by atoms with E-state index >= 15 is 4.79 Å². The van der Waals surface area contributed by atoms with Crippen LogP contribution < -0.4 is 9.47 Å². The smallest absolute Gasteiger partial charge is 0.333 e. The van der Waals surface area contributed by atoms with Gasteiger partial charge in [0.25, 0.3) is 0 Å². The largest absolute Gasteiger partial charge is 0.506 e. The number of benzene rings is 1. The molecule has 0 radical (unpaired) electrons. The van der Waals surface area contributed by atoms with E-state index in [0.29, 0.717) is 36.1 Å². The molecule has 4 bridgehead atoms. The maximum absolute atomic E-state index is 15.1. The van der Waals surface area contributed by atoms with Crippen molar-refractivity contribution >= 4 is 23.6 Å². The van der Waals surface area contributed by atoms with Gasteiger partial charge < -0.3 is 34.3 Å². The zero-order valence-electron chi connectivity index (χ0n) is 29.6. The van der Waals surface area contributed by atoms with Gasteiger partial charge in [-0.05, 0) is 86.3 Å². The van der Waals surface area contributed by atoms with Crippen molar-refractivity contribution in [1.82, 2.24) is 0 Å². The Labute approximate surface area is 287 Å². The number of ether oxygens (including phenoxy) is 4. The first kappa shape index (κ1) is 35.1. The van der Waals surface area contributed by atoms with Crippen LogP contribution in [0.25, 0.3) is 6.08 Å². The molecule has 0 amide bonds. The lowest BCUT2D eigenvalue weighted by Crippen LogP contribution is -2.80. The molecule has 3 N–H and O–H groups in total. The summed E-state index contributed by atoms with van der Waals surface area (Å²) in [7, 11) is 1.46. The Kier molecular flexibility index (Phi) is 8.56. The number of carbonyl (C=O) groups excluding carboxylic acids is 2. The van der Waals surface area contributed by atoms with E-state index in [1.54, 1.807) is 0 Å². The highest BCUT2D eigenvalue weighted by atomic mass is 16.6. The average molecular weight is 677 g/mol. The summed E-state index contributed by atoms with van der Waals surface area (Å²) in [6.07, 6.45) is 10.2. The zero-order chi connectivity index (χ0) is 35.8. The Morgan fingerprint density at radius 1 is 1.04 bits per heavy atom. The van der Waals surface area contributed by atoms with E-state index in [-0.39, 0.29) is 34.8 Å². The third-order valence-electron chi connectivity index (χ3n) is 11.3. The molecule has 3 aliphatic carbocycles. The summed E-state index contributed by atoms with van der Waals surface area (Å²) in [6, 6.07) is 0. The van der Waals surface area contributed by atoms with Gasteiger partial charge in [-0.1, -0.05) is 29.4 Å². The van der Waals surface area contributed by atoms with Gasteiger partial charge >= 0.3 is 5.97 Å². The quantitative estimate of drug-likeness (QED) is 0.202. The molecule has 1 aromatic carbocycles. The van der Waals surface area contributed by atoms with Gasteiger partial charge in [0.1, 0.15) is 28.4 Å². The fourth-order valence-corrected chi connectivity index (χ4v) is 9.14. The van der Waals surface area contributed by atoms with Crippen molar-refractivity contribution in [3.63, 3.8) is 0 Å². The maximum Gasteiger partial charge on any atom is 0.333 e. The molecule has 1 spiro atoms. The van der Waals surface area contributed by atoms with Gasteiger partial charge in [-0.2, -0.15) is 0 Å². The second-order valence-corrected chi connectivity index (χ2v) is 15.5. The summed E-state index contributed by atoms with van der Waals surface area (Å²) in [4.78, 5) is 41.7. The van der Waals surface area contributed by atoms with Crippen molar-refractivity contribution in [2.45, 2.75) is 109 Å². The van der Waals surface area contributed by atoms with Gasteiger partial charge in [0.05, 0.1) is 35.4 Å². The number of phenolic OH excluding ortho intramolecular Hbond substituents is 1. The van der Waals surface area contributed by atoms with E-state index in [4.69, 9.17) is 18.9 Å². The molecule has 7 atom stereocenters. The van der Waals surface area contributed by atoms with Crippen LogP contribution in [0.5, 0.6) is 17.2 Å². The number of phenols is 1. The predicted octanol–water partition coefficient (Wildman–Crippen LogP) is 5.92. The zero-order valence-corrected chi connectivity index (χ0v) is 29.6. The van der Waals surface area contributed by atoms with Crippen LogP contribution in [0.3, 0.4) is 0 Å². The molecule has 10 nitrogen and oxygen atoms in total. The van der Waals surface area contributed by atoms with Gasteiger partial charge in [0.2, 0.25) is 0 Å². The normalized spacial score (nSPS) is 33.2. The van der Waals surface area contributed by atoms with Crippen LogP contribution >= 0.6 is 0 Å². The van der Waals surface area contributed by atoms with Gasteiger partial charge in [-0.3, -0.25) is 9.59 Å². The lowest BCUT2D eigenvalue weighted by Gasteiger charge is -2.62. The van der Waals surface area contributed by atoms with Crippen LogP contribution in [0, 0.1) is 17.8 Å². The van der Waals surface area contributed by atoms with E-state index in [9.17, 15) is 24.9 Å². The van der Waals surface area contributed by atoms with Gasteiger partial charge in [0, 0.05) is 30.9 Å². The lowest BCUT2D eigenvalue weighted by atomic mass is 9.45. The second-order valence-electron chi connectivity index (χ2n) is 15.5. The first-order valence-electron chi connectivity index (χ1n) is 17.1. The highest BCUT2D eigenvalue weighted by molar-refractivity contribution is 6.10. The molecule has 3 saturated carbocycles. The Morgan fingerprint density at radius 2 is 1.73 bits per heavy atom. The summed E-state index contributed by atoms with van der Waals surface area (Å²) in [5.74, 6) is -4.04. The molecular weight excluding hydrogens is 628 g/mol. The van der Waals surface area contributed by atoms with Crippen LogP contribution in [0.4, 0.5) is 0 Å². The topological polar surface area (TPSA) is 149 Å². The number of allylic oxidation sites excluding steroid dienone is 4. The Hall–Kier alpha value is -3.73. The monoisotopic (exact) mass is 676 g/mol. The van der Waals surface area contributed by atoms with Crippen LogP contribution in [0.1, 0.15) is 95.6 Å². The van der Waals surface area contributed by atoms with Crippen molar-refractivity contribution in [3.05, 3.63) is 57.7 Å². The van der Waals surface area contributed by atoms with Crippen molar-refractivity contribution < 1.29 is 48.7 Å². The Morgan fingerprint density at radius 3 is 2.35 bits per heavy atom. The van der Waals surface area contributed by atoms with Crippen molar-refractivity contribution in [2.24, 2.45) is 17.8 Å². The van der Waals surface area contributed by atoms with Gasteiger partial charge in [0.15, 0.2) is 22.8 Å². The summed E-state index contributed by atoms with van der Waals surface area (Å²) >= 11 is 0. The standard InChI is InChI=1S/C39H48O10/c1-20(2)10-9-15-37(7)16-14-23-29(41)27-30(42)28-33(46-8)25-18-26-36(5,6)49-38(34(25)43,17-13-22(19-40)35(44)45)39(26,28)48-32(27)24(31(23)47-37)12-11-21(3)4/h10-11,13-14,16,25-26,28,33,40-41H,9,12,15,17-19H2,1-8H3,(H,44,45). The van der Waals surface area contributed by atoms with Crippen LogP contribution in [-0.4, -0.2) is 75.1 Å². The van der Waals surface area contributed by atoms with Gasteiger partial charge in [-0.15, -0.1) is 0 Å². The number of hydrogen-bond acceptors (Lipinski definition) is 9. The third kappa shape index (κ3) is 5.04. The number of hydrogen-bond donors (Lipinski definition) is 3. The fraction of sp³-hybridized carbons (Fsp3) is 0.564. The van der Waals surface area contributed by atoms with Crippen LogP contribution in [0.2, 0.25) is 0 Å². The fourth-order valence-electron chi connectivity index (χ4n) is 9.14. The number of aromatic hydroxyl groups is 1. The molecule has 49 heavy (non-hydrogen) atoms. The molecule has 4 fully saturated rings. The van der Waals surface area contributed by atoms with Gasteiger partial charge in [-0.25, -0.2) is 4.79 Å². The number of aliphatic hydroxyl groups is 1. The number of carbonyl (C=O) groups is 3. The minimum Gasteiger partial charge on any atom is -0.506 e. The summed E-state index contributed by atoms with van der Waals surface area (Å²) in [5.41, 5.74) is -2.16. The number of rotatable bonds is 10. The first-order valence-corrected chi connectivity index (χ1v) is 17.1. The average Bonchev–Trinajstić information content (AvgIpc) is 3.16. The second kappa shape index (κ2) is 12.0. The molecule has 7 unspecified atom stereocenters. The van der Waals surface area contributed by atoms with Crippen molar-refractivity contribution in [2.75, 3.05) is 13.7 Å². The number of aliphatic hydroxyl groups excluding tert-OH is 1. The number of fused-ring (bicyclic) bond motifs is 2. The minimum atomic E-state index is -1.77. The number of methoxy groups -OCH3 is 1. The maximum atomic E-state index is 15.1. The molecule has 7 rings (SSSR count). The van der Waals surface area contributed by atoms with Crippen molar-refractivity contribution in [3.8, 4) is 17.2 Å². The summed E-state index contributed by atoms with van der Waals surface area (Å²) in [5, 5.41) is 31.5. The summed E-state index contributed by atoms with van der Waals surface area (Å²) < 4.78 is 26.7. The molecule has 264 valence electrons. The Bertz CT molecular complexity index is 1740. The van der Waals surface area contributed by atoms with E-state index < -0.39 is 64.6 Å². The predicted molar refractivity (Wildman–Crippen MR) is 182 cm³/mol. The molecule has 1 saturated heterocycles. The minimum absolute atomic E-state index is 0.0134. The Balaban J connectivity index is 1.61. The molecule has 1 aromatic rings. The van der Waals surface area contributed by atoms with Crippen molar-refractivity contribution in [1.29, 1.82) is 0 Å². The SMILES string of the molecule is COC1C2CC3C(C)(C)OC(CC=C(CO)C(=O)O)(C2=O)C32Oc3c(CC=C(C)C)c4c(c(O)c3C(=O)C12)C=CC(C)(CCC=C(C)C)O4. The number of carboxylic acids is 1. The molecule has 10 heteroatoms. The third-order valence-corrected chi connectivity index (χ3v) is 11.3. The summed E-state index contributed by atoms with van der Waals surface area (Å²) in [6.45, 7) is 13.0. The van der Waals surface area contributed by atoms with E-state index in [1.165, 1.54) is 18.8 Å². The lowest BCUT2D eigenvalue weighted by molar-refractivity contribution is -0.224. The molecule has 6 aliphatic rings. The van der Waals surface area contributed by atoms with Crippen LogP contribution in [-0.2, 0) is 25.5 Å². The number of Topliss-reactive ketones (excluding diaryl/α,β-unsaturated/α-hetero) is 2. The van der Waals surface area contributed by atoms with E-state index in [2.05, 4.69) is 6.08 Å². The van der Waals surface area contributed by atoms with E-state index in [0.717, 1.165) is 12.0 Å². The highest BCUT2D eigenvalue weighted by Crippen LogP contribution is 2.70. The molecule has 3 heterocycles. The molecule has 0 aromatic heterocycles. The first-order chi connectivity index (χ1) is 23.0. The number of aliphatic carboxylic acids is 1. The van der Waals surface area contributed by atoms with Crippen LogP contribution in [0.15, 0.2) is 41.0 Å². The number of carboxylic acid groups (broad SMARTS) is 1. The highest BCUT2D eigenvalue weighted by Gasteiger charge is 2.85.